The van der Waals surface area contributed by atoms with Gasteiger partial charge in [-0.25, -0.2) is 4.79 Å². The molecule has 0 spiro atoms. The second kappa shape index (κ2) is 8.65. The Morgan fingerprint density at radius 3 is 2.57 bits per heavy atom. The number of methoxy groups -OCH3 is 1. The van der Waals surface area contributed by atoms with Gasteiger partial charge in [0.15, 0.2) is 18.1 Å². The van der Waals surface area contributed by atoms with E-state index in [1.165, 1.54) is 0 Å². The first-order chi connectivity index (χ1) is 14.6. The van der Waals surface area contributed by atoms with Crippen molar-refractivity contribution < 1.29 is 28.5 Å². The summed E-state index contributed by atoms with van der Waals surface area (Å²) in [7, 11) is 1.55. The predicted octanol–water partition coefficient (Wildman–Crippen LogP) is 3.48. The van der Waals surface area contributed by atoms with Crippen LogP contribution in [0.2, 0.25) is 0 Å². The summed E-state index contributed by atoms with van der Waals surface area (Å²) < 4.78 is 22.6. The molecule has 0 atom stereocenters. The first-order valence-electron chi connectivity index (χ1n) is 10.2. The zero-order valence-electron chi connectivity index (χ0n) is 17.2. The molecule has 0 radical (unpaired) electrons. The van der Waals surface area contributed by atoms with Gasteiger partial charge in [0.05, 0.1) is 13.7 Å². The molecule has 1 aliphatic heterocycles. The summed E-state index contributed by atoms with van der Waals surface area (Å²) in [6.07, 6.45) is 2.88. The Morgan fingerprint density at radius 1 is 1.07 bits per heavy atom. The molecule has 7 heteroatoms. The van der Waals surface area contributed by atoms with Crippen molar-refractivity contribution in [2.75, 3.05) is 20.3 Å². The molecule has 1 saturated carbocycles. The monoisotopic (exact) mass is 411 g/mol. The molecule has 1 amide bonds. The van der Waals surface area contributed by atoms with Crippen LogP contribution in [-0.2, 0) is 16.1 Å². The number of carbonyl (C=O) groups is 2. The van der Waals surface area contributed by atoms with E-state index < -0.39 is 5.97 Å². The van der Waals surface area contributed by atoms with Crippen LogP contribution < -0.4 is 19.5 Å². The minimum atomic E-state index is -0.411. The molecule has 1 N–H and O–H groups in total. The third-order valence-corrected chi connectivity index (χ3v) is 5.41. The molecule has 2 aromatic carbocycles. The van der Waals surface area contributed by atoms with E-state index in [0.717, 1.165) is 36.0 Å². The van der Waals surface area contributed by atoms with Gasteiger partial charge in [-0.1, -0.05) is 12.1 Å². The van der Waals surface area contributed by atoms with Crippen molar-refractivity contribution in [3.05, 3.63) is 41.5 Å². The Labute approximate surface area is 175 Å². The van der Waals surface area contributed by atoms with E-state index in [9.17, 15) is 9.59 Å². The summed E-state index contributed by atoms with van der Waals surface area (Å²) in [5.74, 6) is 0.811. The average molecular weight is 411 g/mol. The first kappa shape index (κ1) is 20.1. The number of hydrogen-bond donors (Lipinski definition) is 1. The molecular formula is C23H25NO6. The molecular weight excluding hydrogens is 386 g/mol. The van der Waals surface area contributed by atoms with Crippen molar-refractivity contribution in [3.8, 4) is 28.4 Å². The maximum absolute atomic E-state index is 12.2. The number of rotatable bonds is 8. The van der Waals surface area contributed by atoms with E-state index in [-0.39, 0.29) is 18.6 Å². The van der Waals surface area contributed by atoms with E-state index in [1.54, 1.807) is 19.2 Å². The summed E-state index contributed by atoms with van der Waals surface area (Å²) in [5, 5.41) is 2.85. The molecule has 0 aromatic heterocycles. The third-order valence-electron chi connectivity index (χ3n) is 5.41. The van der Waals surface area contributed by atoms with Gasteiger partial charge in [-0.15, -0.1) is 0 Å². The lowest BCUT2D eigenvalue weighted by Crippen LogP contribution is -2.28. The molecule has 0 bridgehead atoms. The van der Waals surface area contributed by atoms with Crippen LogP contribution in [0.1, 0.15) is 42.1 Å². The van der Waals surface area contributed by atoms with Crippen molar-refractivity contribution in [2.24, 2.45) is 0 Å². The second-order valence-electron chi connectivity index (χ2n) is 7.25. The van der Waals surface area contributed by atoms with Crippen LogP contribution in [0, 0.1) is 0 Å². The zero-order valence-corrected chi connectivity index (χ0v) is 17.2. The van der Waals surface area contributed by atoms with Gasteiger partial charge in [-0.3, -0.25) is 4.79 Å². The topological polar surface area (TPSA) is 83.1 Å². The predicted molar refractivity (Wildman–Crippen MR) is 110 cm³/mol. The van der Waals surface area contributed by atoms with Crippen LogP contribution in [0.5, 0.6) is 17.2 Å². The second-order valence-corrected chi connectivity index (χ2v) is 7.25. The molecule has 1 aliphatic carbocycles. The maximum atomic E-state index is 12.2. The van der Waals surface area contributed by atoms with Crippen LogP contribution in [0.15, 0.2) is 30.3 Å². The van der Waals surface area contributed by atoms with E-state index in [1.807, 2.05) is 25.1 Å². The van der Waals surface area contributed by atoms with Gasteiger partial charge in [0.1, 0.15) is 6.10 Å². The molecule has 1 fully saturated rings. The van der Waals surface area contributed by atoms with Gasteiger partial charge in [-0.2, -0.15) is 0 Å². The summed E-state index contributed by atoms with van der Waals surface area (Å²) in [4.78, 5) is 24.4. The number of ether oxygens (including phenoxy) is 4. The zero-order chi connectivity index (χ0) is 21.1. The molecule has 7 nitrogen and oxygen atoms in total. The molecule has 4 rings (SSSR count). The summed E-state index contributed by atoms with van der Waals surface area (Å²) in [6, 6.07) is 9.20. The maximum Gasteiger partial charge on any atom is 0.344 e. The number of amides is 1. The van der Waals surface area contributed by atoms with Crippen LogP contribution in [0.25, 0.3) is 11.1 Å². The summed E-state index contributed by atoms with van der Waals surface area (Å²) in [6.45, 7) is 2.46. The largest absolute Gasteiger partial charge is 0.493 e. The molecule has 2 aliphatic rings. The van der Waals surface area contributed by atoms with Crippen molar-refractivity contribution >= 4 is 11.9 Å². The van der Waals surface area contributed by atoms with Crippen LogP contribution >= 0.6 is 0 Å². The number of benzene rings is 2. The first-order valence-corrected chi connectivity index (χ1v) is 10.2. The minimum Gasteiger partial charge on any atom is -0.493 e. The van der Waals surface area contributed by atoms with Crippen molar-refractivity contribution in [3.63, 3.8) is 0 Å². The Kier molecular flexibility index (Phi) is 5.79. The quantitative estimate of drug-likeness (QED) is 0.670. The van der Waals surface area contributed by atoms with Gasteiger partial charge in [0.2, 0.25) is 5.75 Å². The van der Waals surface area contributed by atoms with E-state index >= 15 is 0 Å². The fourth-order valence-corrected chi connectivity index (χ4v) is 3.69. The highest BCUT2D eigenvalue weighted by molar-refractivity contribution is 6.01. The molecule has 30 heavy (non-hydrogen) atoms. The Hall–Kier alpha value is -3.22. The normalized spacial score (nSPS) is 15.1. The molecule has 158 valence electrons. The fraction of sp³-hybridized carbons (Fsp3) is 0.391. The molecule has 1 heterocycles. The number of carbonyl (C=O) groups excluding carboxylic acids is 2. The lowest BCUT2D eigenvalue weighted by atomic mass is 9.95. The van der Waals surface area contributed by atoms with Crippen molar-refractivity contribution in [1.82, 2.24) is 5.32 Å². The van der Waals surface area contributed by atoms with Crippen LogP contribution in [0.4, 0.5) is 0 Å². The number of hydrogen-bond acceptors (Lipinski definition) is 6. The van der Waals surface area contributed by atoms with Crippen LogP contribution in [-0.4, -0.2) is 38.3 Å². The molecule has 0 saturated heterocycles. The van der Waals surface area contributed by atoms with E-state index in [4.69, 9.17) is 18.9 Å². The number of fused-ring (bicyclic) bond motifs is 1. The van der Waals surface area contributed by atoms with Crippen molar-refractivity contribution in [2.45, 2.75) is 38.8 Å². The molecule has 2 aromatic rings. The highest BCUT2D eigenvalue weighted by Crippen LogP contribution is 2.46. The SMILES string of the molecule is CCOc1c(OC)ccc(-c2cccc3c2CNC3=O)c1OCC(=O)OC1CCC1. The lowest BCUT2D eigenvalue weighted by Gasteiger charge is -2.25. The summed E-state index contributed by atoms with van der Waals surface area (Å²) >= 11 is 0. The Bertz CT molecular complexity index is 966. The minimum absolute atomic E-state index is 0.00767. The number of nitrogens with one attached hydrogen (secondary N) is 1. The van der Waals surface area contributed by atoms with Crippen LogP contribution in [0.3, 0.4) is 0 Å². The van der Waals surface area contributed by atoms with Gasteiger partial charge in [0, 0.05) is 17.7 Å². The standard InChI is InChI=1S/C23H25NO6/c1-3-28-22-19(27-2)11-10-16(15-8-5-9-17-18(15)12-24-23(17)26)21(22)29-13-20(25)30-14-6-4-7-14/h5,8-11,14H,3-4,6-7,12-13H2,1-2H3,(H,24,26). The molecule has 0 unspecified atom stereocenters. The number of esters is 1. The van der Waals surface area contributed by atoms with Gasteiger partial charge in [0.25, 0.3) is 5.91 Å². The van der Waals surface area contributed by atoms with Gasteiger partial charge >= 0.3 is 5.97 Å². The highest BCUT2D eigenvalue weighted by atomic mass is 16.6. The van der Waals surface area contributed by atoms with E-state index in [0.29, 0.717) is 36.0 Å². The van der Waals surface area contributed by atoms with Gasteiger partial charge in [-0.05, 0) is 55.5 Å². The Balaban J connectivity index is 1.72. The Morgan fingerprint density at radius 2 is 1.87 bits per heavy atom. The highest BCUT2D eigenvalue weighted by Gasteiger charge is 2.27. The summed E-state index contributed by atoms with van der Waals surface area (Å²) in [5.41, 5.74) is 3.09. The van der Waals surface area contributed by atoms with E-state index in [2.05, 4.69) is 5.32 Å². The smallest absolute Gasteiger partial charge is 0.344 e. The lowest BCUT2D eigenvalue weighted by molar-refractivity contribution is -0.155. The van der Waals surface area contributed by atoms with Gasteiger partial charge < -0.3 is 24.3 Å². The van der Waals surface area contributed by atoms with Crippen molar-refractivity contribution in [1.29, 1.82) is 0 Å². The third kappa shape index (κ3) is 3.79. The average Bonchev–Trinajstić information content (AvgIpc) is 3.11. The fourth-order valence-electron chi connectivity index (χ4n) is 3.69.